The summed E-state index contributed by atoms with van der Waals surface area (Å²) in [6.45, 7) is 0.888. The highest BCUT2D eigenvalue weighted by Crippen LogP contribution is 2.37. The van der Waals surface area contributed by atoms with Crippen molar-refractivity contribution in [1.29, 1.82) is 0 Å². The molecule has 0 amide bonds. The number of hydrogen-bond donors (Lipinski definition) is 1. The molecule has 2 aromatic heterocycles. The van der Waals surface area contributed by atoms with E-state index in [2.05, 4.69) is 9.72 Å². The molecule has 2 heterocycles. The van der Waals surface area contributed by atoms with E-state index in [0.717, 1.165) is 16.6 Å². The Labute approximate surface area is 187 Å². The fourth-order valence-corrected chi connectivity index (χ4v) is 3.82. The summed E-state index contributed by atoms with van der Waals surface area (Å²) in [4.78, 5) is 6.15. The van der Waals surface area contributed by atoms with E-state index in [1.54, 1.807) is 29.2 Å². The van der Waals surface area contributed by atoms with Crippen molar-refractivity contribution in [3.8, 4) is 11.6 Å². The largest absolute Gasteiger partial charge is 0.573 e. The van der Waals surface area contributed by atoms with E-state index in [-0.39, 0.29) is 18.2 Å². The molecule has 0 saturated heterocycles. The maximum Gasteiger partial charge on any atom is 0.573 e. The van der Waals surface area contributed by atoms with Crippen LogP contribution in [0, 0.1) is 0 Å². The molecule has 0 aliphatic carbocycles. The van der Waals surface area contributed by atoms with Gasteiger partial charge in [0.25, 0.3) is 0 Å². The molecule has 0 saturated carbocycles. The molecule has 4 rings (SSSR count). The smallest absolute Gasteiger partial charge is 0.494 e. The van der Waals surface area contributed by atoms with E-state index in [4.69, 9.17) is 11.6 Å². The number of benzene rings is 2. The fourth-order valence-electron chi connectivity index (χ4n) is 3.51. The summed E-state index contributed by atoms with van der Waals surface area (Å²) in [6, 6.07) is 13.1. The van der Waals surface area contributed by atoms with E-state index >= 15 is 0 Å². The van der Waals surface area contributed by atoms with E-state index in [9.17, 15) is 18.3 Å². The maximum atomic E-state index is 12.3. The molecule has 9 heteroatoms. The lowest BCUT2D eigenvalue weighted by Gasteiger charge is -2.19. The number of halogens is 4. The van der Waals surface area contributed by atoms with Crippen LogP contribution in [0.15, 0.2) is 67.1 Å². The number of aromatic nitrogens is 2. The number of hydrogen-bond acceptors (Lipinski definition) is 4. The maximum absolute atomic E-state index is 12.3. The summed E-state index contributed by atoms with van der Waals surface area (Å²) in [7, 11) is 1.94. The number of alkyl halides is 3. The van der Waals surface area contributed by atoms with Crippen LogP contribution in [0.5, 0.6) is 11.6 Å². The molecule has 0 spiro atoms. The summed E-state index contributed by atoms with van der Waals surface area (Å²) in [5, 5.41) is 12.4. The Hall–Kier alpha value is -3.39. The minimum atomic E-state index is -4.74. The van der Waals surface area contributed by atoms with Crippen molar-refractivity contribution in [3.63, 3.8) is 0 Å². The monoisotopic (exact) mass is 461 g/mol. The molecule has 32 heavy (non-hydrogen) atoms. The molecule has 0 atom stereocenters. The number of rotatable bonds is 6. The Kier molecular flexibility index (Phi) is 5.88. The second-order valence-electron chi connectivity index (χ2n) is 7.38. The molecular weight excluding hydrogens is 443 g/mol. The van der Waals surface area contributed by atoms with Crippen LogP contribution >= 0.6 is 11.6 Å². The van der Waals surface area contributed by atoms with Crippen LogP contribution in [0.2, 0.25) is 5.02 Å². The number of pyridine rings is 1. The quantitative estimate of drug-likeness (QED) is 0.384. The lowest BCUT2D eigenvalue weighted by atomic mass is 10.1. The molecule has 0 radical (unpaired) electrons. The first-order chi connectivity index (χ1) is 15.2. The van der Waals surface area contributed by atoms with Gasteiger partial charge in [0.1, 0.15) is 5.75 Å². The van der Waals surface area contributed by atoms with Gasteiger partial charge in [0.15, 0.2) is 0 Å². The second kappa shape index (κ2) is 8.63. The molecule has 0 aliphatic heterocycles. The van der Waals surface area contributed by atoms with Crippen LogP contribution in [0.1, 0.15) is 11.1 Å². The van der Waals surface area contributed by atoms with Crippen LogP contribution in [0.25, 0.3) is 10.8 Å². The average Bonchev–Trinajstić information content (AvgIpc) is 3.05. The molecule has 0 bridgehead atoms. The average molecular weight is 462 g/mol. The van der Waals surface area contributed by atoms with Gasteiger partial charge >= 0.3 is 6.36 Å². The summed E-state index contributed by atoms with van der Waals surface area (Å²) < 4.78 is 42.5. The third-order valence-electron chi connectivity index (χ3n) is 4.99. The standard InChI is InChI=1S/C23H19ClF3N3O2/c1-29(12-16-3-2-8-28-11-16)18-9-17-14-30(22(31)21(17)20(24)10-18)13-15-4-6-19(7-5-15)32-23(25,26)27/h2-11,14,31H,12-13H2,1H3. The summed E-state index contributed by atoms with van der Waals surface area (Å²) >= 11 is 6.48. The topological polar surface area (TPSA) is 50.5 Å². The normalized spacial score (nSPS) is 11.7. The Balaban J connectivity index is 1.57. The van der Waals surface area contributed by atoms with Gasteiger partial charge in [-0.25, -0.2) is 0 Å². The van der Waals surface area contributed by atoms with Gasteiger partial charge in [0.05, 0.1) is 17.0 Å². The third kappa shape index (κ3) is 4.91. The summed E-state index contributed by atoms with van der Waals surface area (Å²) in [5.41, 5.74) is 2.61. The number of nitrogens with zero attached hydrogens (tertiary/aromatic N) is 3. The van der Waals surface area contributed by atoms with Crippen LogP contribution < -0.4 is 9.64 Å². The van der Waals surface area contributed by atoms with Crippen molar-refractivity contribution in [2.24, 2.45) is 0 Å². The van der Waals surface area contributed by atoms with E-state index < -0.39 is 6.36 Å². The SMILES string of the molecule is CN(Cc1cccnc1)c1cc(Cl)c2c(O)n(Cc3ccc(OC(F)(F)F)cc3)cc2c1. The number of fused-ring (bicyclic) bond motifs is 1. The molecule has 2 aromatic carbocycles. The van der Waals surface area contributed by atoms with Crippen LogP contribution in [0.4, 0.5) is 18.9 Å². The van der Waals surface area contributed by atoms with Gasteiger partial charge in [-0.15, -0.1) is 13.2 Å². The van der Waals surface area contributed by atoms with E-state index in [1.807, 2.05) is 30.1 Å². The Morgan fingerprint density at radius 1 is 1.12 bits per heavy atom. The number of ether oxygens (including phenoxy) is 1. The van der Waals surface area contributed by atoms with Gasteiger partial charge in [-0.3, -0.25) is 4.98 Å². The summed E-state index contributed by atoms with van der Waals surface area (Å²) in [5.74, 6) is -0.311. The van der Waals surface area contributed by atoms with Gasteiger partial charge in [0.2, 0.25) is 5.88 Å². The lowest BCUT2D eigenvalue weighted by Crippen LogP contribution is -2.17. The van der Waals surface area contributed by atoms with Crippen molar-refractivity contribution in [2.45, 2.75) is 19.5 Å². The van der Waals surface area contributed by atoms with Gasteiger partial charge in [-0.2, -0.15) is 0 Å². The van der Waals surface area contributed by atoms with E-state index in [1.165, 1.54) is 24.3 Å². The van der Waals surface area contributed by atoms with Gasteiger partial charge in [-0.1, -0.05) is 29.8 Å². The predicted molar refractivity (Wildman–Crippen MR) is 117 cm³/mol. The molecule has 0 aliphatic rings. The first-order valence-electron chi connectivity index (χ1n) is 9.66. The van der Waals surface area contributed by atoms with Crippen molar-refractivity contribution in [2.75, 3.05) is 11.9 Å². The number of aromatic hydroxyl groups is 1. The van der Waals surface area contributed by atoms with Gasteiger partial charge < -0.3 is 19.3 Å². The van der Waals surface area contributed by atoms with Crippen LogP contribution in [-0.4, -0.2) is 28.1 Å². The van der Waals surface area contributed by atoms with Crippen LogP contribution in [0.3, 0.4) is 0 Å². The second-order valence-corrected chi connectivity index (χ2v) is 7.79. The highest BCUT2D eigenvalue weighted by molar-refractivity contribution is 6.36. The highest BCUT2D eigenvalue weighted by atomic mass is 35.5. The molecule has 1 N–H and O–H groups in total. The molecular formula is C23H19ClF3N3O2. The number of anilines is 1. The Bertz CT molecular complexity index is 1230. The zero-order valence-electron chi connectivity index (χ0n) is 17.0. The molecule has 5 nitrogen and oxygen atoms in total. The molecule has 4 aromatic rings. The van der Waals surface area contributed by atoms with Gasteiger partial charge in [-0.05, 0) is 41.5 Å². The van der Waals surface area contributed by atoms with Gasteiger partial charge in [0, 0.05) is 43.3 Å². The minimum absolute atomic E-state index is 0.0120. The Morgan fingerprint density at radius 3 is 2.53 bits per heavy atom. The zero-order chi connectivity index (χ0) is 22.9. The van der Waals surface area contributed by atoms with Crippen molar-refractivity contribution < 1.29 is 23.0 Å². The van der Waals surface area contributed by atoms with E-state index in [0.29, 0.717) is 22.5 Å². The Morgan fingerprint density at radius 2 is 1.88 bits per heavy atom. The minimum Gasteiger partial charge on any atom is -0.494 e. The summed E-state index contributed by atoms with van der Waals surface area (Å²) in [6.07, 6.45) is 0.535. The lowest BCUT2D eigenvalue weighted by molar-refractivity contribution is -0.274. The predicted octanol–water partition coefficient (Wildman–Crippen LogP) is 5.98. The fraction of sp³-hybridized carbons (Fsp3) is 0.174. The molecule has 166 valence electrons. The zero-order valence-corrected chi connectivity index (χ0v) is 17.7. The first-order valence-corrected chi connectivity index (χ1v) is 10.0. The van der Waals surface area contributed by atoms with Crippen LogP contribution in [-0.2, 0) is 13.1 Å². The molecule has 0 unspecified atom stereocenters. The highest BCUT2D eigenvalue weighted by Gasteiger charge is 2.31. The third-order valence-corrected chi connectivity index (χ3v) is 5.29. The van der Waals surface area contributed by atoms with Crippen molar-refractivity contribution >= 4 is 28.1 Å². The molecule has 0 fully saturated rings. The first kappa shape index (κ1) is 21.8. The van der Waals surface area contributed by atoms with Crippen molar-refractivity contribution in [1.82, 2.24) is 9.55 Å². The van der Waals surface area contributed by atoms with Crippen molar-refractivity contribution in [3.05, 3.63) is 83.3 Å².